The molecule has 1 N–H and O–H groups in total. The number of carboxylic acids is 1. The third-order valence-corrected chi connectivity index (χ3v) is 1.57. The second-order valence-electron chi connectivity index (χ2n) is 4.17. The topological polar surface area (TPSA) is 76.7 Å². The number of hydrogen-bond acceptors (Lipinski definition) is 4. The second-order valence-corrected chi connectivity index (χ2v) is 4.17. The van der Waals surface area contributed by atoms with Crippen LogP contribution >= 0.6 is 0 Å². The molecule has 0 aliphatic heterocycles. The van der Waals surface area contributed by atoms with E-state index in [1.807, 2.05) is 13.8 Å². The summed E-state index contributed by atoms with van der Waals surface area (Å²) in [6.45, 7) is 8.33. The molecule has 0 aliphatic rings. The summed E-state index contributed by atoms with van der Waals surface area (Å²) in [6, 6.07) is 2.50. The van der Waals surface area contributed by atoms with Gasteiger partial charge in [-0.3, -0.25) is 0 Å². The van der Waals surface area contributed by atoms with Crippen LogP contribution in [0.2, 0.25) is 0 Å². The van der Waals surface area contributed by atoms with Crippen molar-refractivity contribution < 1.29 is 23.8 Å². The highest BCUT2D eigenvalue weighted by molar-refractivity contribution is 5.89. The molecule has 0 bridgehead atoms. The Morgan fingerprint density at radius 1 is 1.28 bits per heavy atom. The van der Waals surface area contributed by atoms with Crippen LogP contribution in [0.25, 0.3) is 0 Å². The standard InChI is InChI=1S/C10H12O5.C3H8/c1-6(2)5-14-10(13)8-4-3-7(15-8)9(11)12;1-3-2/h3-4,6H,5H2,1-2H3,(H,11,12);3H2,1-2H3. The molecule has 1 rings (SSSR count). The summed E-state index contributed by atoms with van der Waals surface area (Å²) < 4.78 is 9.62. The van der Waals surface area contributed by atoms with Crippen LogP contribution in [0.4, 0.5) is 0 Å². The number of ether oxygens (including phenoxy) is 1. The molecule has 18 heavy (non-hydrogen) atoms. The molecule has 1 aromatic heterocycles. The van der Waals surface area contributed by atoms with Gasteiger partial charge in [-0.05, 0) is 18.1 Å². The Kier molecular flexibility index (Phi) is 7.51. The highest BCUT2D eigenvalue weighted by Gasteiger charge is 2.16. The summed E-state index contributed by atoms with van der Waals surface area (Å²) in [4.78, 5) is 21.7. The van der Waals surface area contributed by atoms with Crippen LogP contribution in [0.1, 0.15) is 55.2 Å². The molecule has 0 spiro atoms. The SMILES string of the molecule is CC(C)COC(=O)c1ccc(C(=O)O)o1.CCC. The predicted molar refractivity (Wildman–Crippen MR) is 66.8 cm³/mol. The van der Waals surface area contributed by atoms with Crippen LogP contribution in [0.5, 0.6) is 0 Å². The van der Waals surface area contributed by atoms with Gasteiger partial charge in [0.25, 0.3) is 0 Å². The van der Waals surface area contributed by atoms with Crippen LogP contribution in [-0.2, 0) is 4.74 Å². The maximum Gasteiger partial charge on any atom is 0.374 e. The summed E-state index contributed by atoms with van der Waals surface area (Å²) in [6.07, 6.45) is 1.25. The monoisotopic (exact) mass is 256 g/mol. The van der Waals surface area contributed by atoms with Gasteiger partial charge in [-0.1, -0.05) is 34.1 Å². The first kappa shape index (κ1) is 16.2. The Morgan fingerprint density at radius 3 is 2.17 bits per heavy atom. The average Bonchev–Trinajstić information content (AvgIpc) is 2.76. The highest BCUT2D eigenvalue weighted by Crippen LogP contribution is 2.09. The minimum Gasteiger partial charge on any atom is -0.475 e. The number of rotatable bonds is 4. The van der Waals surface area contributed by atoms with Crippen LogP contribution in [0, 0.1) is 5.92 Å². The fraction of sp³-hybridized carbons (Fsp3) is 0.538. The first-order chi connectivity index (χ1) is 8.42. The van der Waals surface area contributed by atoms with E-state index in [0.717, 1.165) is 0 Å². The Labute approximate surface area is 107 Å². The summed E-state index contributed by atoms with van der Waals surface area (Å²) in [7, 11) is 0. The maximum absolute atomic E-state index is 11.3. The number of furan rings is 1. The number of aromatic carboxylic acids is 1. The van der Waals surface area contributed by atoms with E-state index < -0.39 is 11.9 Å². The van der Waals surface area contributed by atoms with Crippen molar-refractivity contribution >= 4 is 11.9 Å². The molecule has 0 unspecified atom stereocenters. The Balaban J connectivity index is 0.000000873. The van der Waals surface area contributed by atoms with Gasteiger partial charge in [-0.15, -0.1) is 0 Å². The van der Waals surface area contributed by atoms with Crippen LogP contribution in [0.3, 0.4) is 0 Å². The molecule has 5 nitrogen and oxygen atoms in total. The van der Waals surface area contributed by atoms with E-state index >= 15 is 0 Å². The van der Waals surface area contributed by atoms with Gasteiger partial charge in [0.05, 0.1) is 6.61 Å². The second kappa shape index (κ2) is 8.33. The van der Waals surface area contributed by atoms with Crippen molar-refractivity contribution in [3.63, 3.8) is 0 Å². The van der Waals surface area contributed by atoms with Crippen molar-refractivity contribution in [1.82, 2.24) is 0 Å². The van der Waals surface area contributed by atoms with E-state index in [2.05, 4.69) is 13.8 Å². The van der Waals surface area contributed by atoms with E-state index in [4.69, 9.17) is 14.3 Å². The third-order valence-electron chi connectivity index (χ3n) is 1.57. The van der Waals surface area contributed by atoms with Gasteiger partial charge in [-0.2, -0.15) is 0 Å². The lowest BCUT2D eigenvalue weighted by molar-refractivity contribution is 0.0418. The summed E-state index contributed by atoms with van der Waals surface area (Å²) in [5.74, 6) is -1.99. The van der Waals surface area contributed by atoms with Gasteiger partial charge in [0, 0.05) is 0 Å². The molecular formula is C13H20O5. The molecule has 5 heteroatoms. The summed E-state index contributed by atoms with van der Waals surface area (Å²) in [5, 5.41) is 8.55. The zero-order valence-corrected chi connectivity index (χ0v) is 11.2. The van der Waals surface area contributed by atoms with E-state index in [0.29, 0.717) is 0 Å². The molecule has 0 saturated heterocycles. The third kappa shape index (κ3) is 6.08. The Morgan fingerprint density at radius 2 is 1.78 bits per heavy atom. The van der Waals surface area contributed by atoms with Gasteiger partial charge in [-0.25, -0.2) is 9.59 Å². The lowest BCUT2D eigenvalue weighted by Gasteiger charge is -2.04. The van der Waals surface area contributed by atoms with Crippen molar-refractivity contribution in [1.29, 1.82) is 0 Å². The van der Waals surface area contributed by atoms with Gasteiger partial charge in [0.2, 0.25) is 11.5 Å². The smallest absolute Gasteiger partial charge is 0.374 e. The van der Waals surface area contributed by atoms with Crippen molar-refractivity contribution in [2.75, 3.05) is 6.61 Å². The molecule has 0 amide bonds. The quantitative estimate of drug-likeness (QED) is 0.837. The van der Waals surface area contributed by atoms with Crippen LogP contribution in [0.15, 0.2) is 16.5 Å². The summed E-state index contributed by atoms with van der Waals surface area (Å²) in [5.41, 5.74) is 0. The molecule has 1 heterocycles. The van der Waals surface area contributed by atoms with Gasteiger partial charge < -0.3 is 14.3 Å². The Bertz CT molecular complexity index is 378. The predicted octanol–water partition coefficient (Wildman–Crippen LogP) is 3.21. The molecule has 0 aromatic carbocycles. The number of carbonyl (C=O) groups excluding carboxylic acids is 1. The molecule has 0 atom stereocenters. The number of esters is 1. The fourth-order valence-corrected chi connectivity index (χ4v) is 0.876. The fourth-order valence-electron chi connectivity index (χ4n) is 0.876. The molecular weight excluding hydrogens is 236 g/mol. The van der Waals surface area contributed by atoms with E-state index in [9.17, 15) is 9.59 Å². The van der Waals surface area contributed by atoms with E-state index in [1.165, 1.54) is 18.6 Å². The normalized spacial score (nSPS) is 9.61. The Hall–Kier alpha value is -1.78. The molecule has 0 radical (unpaired) electrons. The average molecular weight is 256 g/mol. The van der Waals surface area contributed by atoms with Crippen LogP contribution < -0.4 is 0 Å². The molecule has 0 aliphatic carbocycles. The highest BCUT2D eigenvalue weighted by atomic mass is 16.5. The molecule has 0 fully saturated rings. The minimum absolute atomic E-state index is 0.0898. The van der Waals surface area contributed by atoms with Crippen molar-refractivity contribution in [2.24, 2.45) is 5.92 Å². The van der Waals surface area contributed by atoms with Gasteiger partial charge >= 0.3 is 11.9 Å². The van der Waals surface area contributed by atoms with E-state index in [1.54, 1.807) is 0 Å². The number of carbonyl (C=O) groups is 2. The van der Waals surface area contributed by atoms with Crippen molar-refractivity contribution in [3.05, 3.63) is 23.7 Å². The van der Waals surface area contributed by atoms with E-state index in [-0.39, 0.29) is 24.0 Å². The zero-order chi connectivity index (χ0) is 14.1. The first-order valence-electron chi connectivity index (χ1n) is 5.92. The molecule has 0 saturated carbocycles. The largest absolute Gasteiger partial charge is 0.475 e. The molecule has 1 aromatic rings. The molecule has 102 valence electrons. The van der Waals surface area contributed by atoms with Crippen molar-refractivity contribution in [2.45, 2.75) is 34.1 Å². The van der Waals surface area contributed by atoms with Gasteiger partial charge in [0.1, 0.15) is 0 Å². The lowest BCUT2D eigenvalue weighted by Crippen LogP contribution is -2.09. The zero-order valence-electron chi connectivity index (χ0n) is 11.2. The minimum atomic E-state index is -1.21. The van der Waals surface area contributed by atoms with Gasteiger partial charge in [0.15, 0.2) is 0 Å². The maximum atomic E-state index is 11.3. The number of carboxylic acid groups (broad SMARTS) is 1. The number of hydrogen-bond donors (Lipinski definition) is 1. The lowest BCUT2D eigenvalue weighted by atomic mass is 10.2. The van der Waals surface area contributed by atoms with Crippen molar-refractivity contribution in [3.8, 4) is 0 Å². The summed E-state index contributed by atoms with van der Waals surface area (Å²) >= 11 is 0. The van der Waals surface area contributed by atoms with Crippen LogP contribution in [-0.4, -0.2) is 23.7 Å². The first-order valence-corrected chi connectivity index (χ1v) is 5.92.